The summed E-state index contributed by atoms with van der Waals surface area (Å²) < 4.78 is 8.11. The number of carbonyl (C=O) groups is 1. The molecule has 0 atom stereocenters. The summed E-state index contributed by atoms with van der Waals surface area (Å²) in [5, 5.41) is 4.90. The van der Waals surface area contributed by atoms with Gasteiger partial charge in [0.15, 0.2) is 0 Å². The molecule has 33 heavy (non-hydrogen) atoms. The maximum Gasteiger partial charge on any atom is 0.266 e. The number of carbonyl (C=O) groups excluding carboxylic acids is 1. The van der Waals surface area contributed by atoms with Crippen molar-refractivity contribution >= 4 is 40.3 Å². The number of hydrogen-bond donors (Lipinski definition) is 0. The highest BCUT2D eigenvalue weighted by atomic mass is 32.2. The average Bonchev–Trinajstić information content (AvgIpc) is 3.31. The fourth-order valence-corrected chi connectivity index (χ4v) is 5.00. The van der Waals surface area contributed by atoms with Gasteiger partial charge in [-0.2, -0.15) is 5.10 Å². The smallest absolute Gasteiger partial charge is 0.266 e. The lowest BCUT2D eigenvalue weighted by molar-refractivity contribution is -0.122. The van der Waals surface area contributed by atoms with Crippen molar-refractivity contribution < 1.29 is 9.53 Å². The Morgan fingerprint density at radius 3 is 2.61 bits per heavy atom. The highest BCUT2D eigenvalue weighted by molar-refractivity contribution is 8.26. The minimum atomic E-state index is -0.0412. The highest BCUT2D eigenvalue weighted by Gasteiger charge is 2.32. The number of para-hydroxylation sites is 1. The molecule has 1 aliphatic heterocycles. The molecule has 1 amide bonds. The Bertz CT molecular complexity index is 1220. The zero-order chi connectivity index (χ0) is 23.5. The van der Waals surface area contributed by atoms with E-state index in [1.165, 1.54) is 11.8 Å². The van der Waals surface area contributed by atoms with Gasteiger partial charge in [0.25, 0.3) is 5.91 Å². The van der Waals surface area contributed by atoms with Gasteiger partial charge < -0.3 is 4.74 Å². The largest absolute Gasteiger partial charge is 0.494 e. The van der Waals surface area contributed by atoms with Crippen molar-refractivity contribution in [1.29, 1.82) is 0 Å². The minimum Gasteiger partial charge on any atom is -0.494 e. The molecule has 0 N–H and O–H groups in total. The summed E-state index contributed by atoms with van der Waals surface area (Å²) in [5.74, 6) is 1.13. The van der Waals surface area contributed by atoms with Gasteiger partial charge in [-0.05, 0) is 61.7 Å². The number of aromatic nitrogens is 2. The molecule has 2 aromatic carbocycles. The summed E-state index contributed by atoms with van der Waals surface area (Å²) in [6.45, 7) is 9.42. The monoisotopic (exact) mass is 477 g/mol. The summed E-state index contributed by atoms with van der Waals surface area (Å²) in [5.41, 5.74) is 4.69. The number of aryl methyl sites for hydroxylation is 1. The molecular weight excluding hydrogens is 450 g/mol. The van der Waals surface area contributed by atoms with Crippen LogP contribution in [0, 0.1) is 12.8 Å². The molecular formula is C26H27N3O2S2. The molecule has 0 saturated carbocycles. The quantitative estimate of drug-likeness (QED) is 0.304. The van der Waals surface area contributed by atoms with E-state index in [1.54, 1.807) is 4.90 Å². The first-order valence-corrected chi connectivity index (χ1v) is 12.2. The standard InChI is InChI=1S/C26H27N3O2S2/c1-5-31-21-11-12-22(18(4)13-21)24-19(16-29(27-24)20-9-7-6-8-10-20)14-23-25(30)28(15-17(2)3)26(32)33-23/h6-14,16-17H,5,15H2,1-4H3. The SMILES string of the molecule is CCOc1ccc(-c2nn(-c3ccccc3)cc2C=C2SC(=S)N(CC(C)C)C2=O)c(C)c1. The number of thioether (sulfide) groups is 1. The third kappa shape index (κ3) is 5.04. The van der Waals surface area contributed by atoms with Gasteiger partial charge in [0, 0.05) is 23.9 Å². The first kappa shape index (κ1) is 23.3. The van der Waals surface area contributed by atoms with E-state index in [1.807, 2.05) is 79.3 Å². The Kier molecular flexibility index (Phi) is 7.00. The van der Waals surface area contributed by atoms with Crippen LogP contribution in [0.2, 0.25) is 0 Å². The number of benzene rings is 2. The Labute approximate surface area is 204 Å². The number of rotatable bonds is 7. The van der Waals surface area contributed by atoms with Crippen LogP contribution in [0.3, 0.4) is 0 Å². The third-order valence-electron chi connectivity index (χ3n) is 5.24. The Balaban J connectivity index is 1.79. The average molecular weight is 478 g/mol. The molecule has 1 saturated heterocycles. The topological polar surface area (TPSA) is 47.4 Å². The van der Waals surface area contributed by atoms with Crippen LogP contribution < -0.4 is 4.74 Å². The van der Waals surface area contributed by atoms with Gasteiger partial charge in [-0.15, -0.1) is 0 Å². The van der Waals surface area contributed by atoms with Crippen molar-refractivity contribution in [2.24, 2.45) is 5.92 Å². The van der Waals surface area contributed by atoms with Crippen LogP contribution in [0.4, 0.5) is 0 Å². The fourth-order valence-electron chi connectivity index (χ4n) is 3.74. The molecule has 0 aliphatic carbocycles. The molecule has 1 fully saturated rings. The van der Waals surface area contributed by atoms with Gasteiger partial charge in [-0.1, -0.05) is 56.0 Å². The van der Waals surface area contributed by atoms with Gasteiger partial charge in [-0.25, -0.2) is 4.68 Å². The van der Waals surface area contributed by atoms with Gasteiger partial charge in [0.2, 0.25) is 0 Å². The molecule has 7 heteroatoms. The van der Waals surface area contributed by atoms with E-state index < -0.39 is 0 Å². The van der Waals surface area contributed by atoms with Crippen molar-refractivity contribution in [2.45, 2.75) is 27.7 Å². The number of thiocarbonyl (C=S) groups is 1. The van der Waals surface area contributed by atoms with E-state index in [-0.39, 0.29) is 5.91 Å². The molecule has 0 bridgehead atoms. The lowest BCUT2D eigenvalue weighted by Gasteiger charge is -2.16. The van der Waals surface area contributed by atoms with Crippen LogP contribution in [-0.4, -0.2) is 38.1 Å². The Hall–Kier alpha value is -2.90. The van der Waals surface area contributed by atoms with Crippen LogP contribution in [0.5, 0.6) is 5.75 Å². The fraction of sp³-hybridized carbons (Fsp3) is 0.269. The lowest BCUT2D eigenvalue weighted by Crippen LogP contribution is -2.31. The second kappa shape index (κ2) is 9.93. The van der Waals surface area contributed by atoms with Crippen molar-refractivity contribution in [3.8, 4) is 22.7 Å². The second-order valence-corrected chi connectivity index (χ2v) is 9.98. The summed E-state index contributed by atoms with van der Waals surface area (Å²) in [6.07, 6.45) is 3.88. The molecule has 4 rings (SSSR count). The first-order chi connectivity index (χ1) is 15.9. The van der Waals surface area contributed by atoms with Crippen LogP contribution in [0.15, 0.2) is 59.6 Å². The van der Waals surface area contributed by atoms with E-state index >= 15 is 0 Å². The van der Waals surface area contributed by atoms with Gasteiger partial charge in [-0.3, -0.25) is 9.69 Å². The van der Waals surface area contributed by atoms with Crippen LogP contribution in [0.25, 0.3) is 23.0 Å². The van der Waals surface area contributed by atoms with Gasteiger partial charge >= 0.3 is 0 Å². The maximum atomic E-state index is 13.1. The number of nitrogens with zero attached hydrogens (tertiary/aromatic N) is 3. The first-order valence-electron chi connectivity index (χ1n) is 11.0. The maximum absolute atomic E-state index is 13.1. The predicted molar refractivity (Wildman–Crippen MR) is 140 cm³/mol. The lowest BCUT2D eigenvalue weighted by atomic mass is 10.0. The van der Waals surface area contributed by atoms with E-state index in [2.05, 4.69) is 13.8 Å². The molecule has 170 valence electrons. The summed E-state index contributed by atoms with van der Waals surface area (Å²) in [6, 6.07) is 16.0. The molecule has 0 radical (unpaired) electrons. The third-order valence-corrected chi connectivity index (χ3v) is 6.61. The van der Waals surface area contributed by atoms with Crippen molar-refractivity contribution in [3.63, 3.8) is 0 Å². The molecule has 3 aromatic rings. The minimum absolute atomic E-state index is 0.0412. The van der Waals surface area contributed by atoms with Crippen molar-refractivity contribution in [2.75, 3.05) is 13.2 Å². The molecule has 1 aromatic heterocycles. The van der Waals surface area contributed by atoms with Crippen LogP contribution in [0.1, 0.15) is 31.9 Å². The van der Waals surface area contributed by atoms with Crippen LogP contribution in [-0.2, 0) is 4.79 Å². The predicted octanol–water partition coefficient (Wildman–Crippen LogP) is 6.10. The van der Waals surface area contributed by atoms with Crippen LogP contribution >= 0.6 is 24.0 Å². The summed E-state index contributed by atoms with van der Waals surface area (Å²) in [4.78, 5) is 15.4. The summed E-state index contributed by atoms with van der Waals surface area (Å²) >= 11 is 6.84. The van der Waals surface area contributed by atoms with E-state index in [9.17, 15) is 4.79 Å². The highest BCUT2D eigenvalue weighted by Crippen LogP contribution is 2.36. The second-order valence-electron chi connectivity index (χ2n) is 8.31. The van der Waals surface area contributed by atoms with E-state index in [0.717, 1.165) is 33.8 Å². The molecule has 0 unspecified atom stereocenters. The van der Waals surface area contributed by atoms with Crippen molar-refractivity contribution in [1.82, 2.24) is 14.7 Å². The zero-order valence-corrected chi connectivity index (χ0v) is 20.9. The van der Waals surface area contributed by atoms with Gasteiger partial charge in [0.1, 0.15) is 15.8 Å². The number of amides is 1. The molecule has 5 nitrogen and oxygen atoms in total. The van der Waals surface area contributed by atoms with E-state index in [0.29, 0.717) is 28.3 Å². The molecule has 2 heterocycles. The normalized spacial score (nSPS) is 15.2. The number of hydrogen-bond acceptors (Lipinski definition) is 5. The molecule has 1 aliphatic rings. The Morgan fingerprint density at radius 1 is 1.18 bits per heavy atom. The number of ether oxygens (including phenoxy) is 1. The Morgan fingerprint density at radius 2 is 1.94 bits per heavy atom. The molecule has 0 spiro atoms. The summed E-state index contributed by atoms with van der Waals surface area (Å²) in [7, 11) is 0. The van der Waals surface area contributed by atoms with Crippen molar-refractivity contribution in [3.05, 3.63) is 70.8 Å². The van der Waals surface area contributed by atoms with E-state index in [4.69, 9.17) is 22.1 Å². The zero-order valence-electron chi connectivity index (χ0n) is 19.2. The van der Waals surface area contributed by atoms with Gasteiger partial charge in [0.05, 0.1) is 17.2 Å².